The summed E-state index contributed by atoms with van der Waals surface area (Å²) in [7, 11) is 0. The van der Waals surface area contributed by atoms with Crippen LogP contribution < -0.4 is 0 Å². The molecule has 0 amide bonds. The molecule has 0 bridgehead atoms. The van der Waals surface area contributed by atoms with Crippen LogP contribution in [-0.2, 0) is 5.88 Å². The Kier molecular flexibility index (Phi) is 3.50. The number of aromatic nitrogens is 3. The second kappa shape index (κ2) is 5.32. The van der Waals surface area contributed by atoms with Gasteiger partial charge in [0.2, 0.25) is 0 Å². The lowest BCUT2D eigenvalue weighted by Crippen LogP contribution is -2.01. The van der Waals surface area contributed by atoms with E-state index in [2.05, 4.69) is 9.97 Å². The van der Waals surface area contributed by atoms with Crippen LogP contribution in [0.1, 0.15) is 11.4 Å². The molecule has 0 saturated heterocycles. The second-order valence-corrected chi connectivity index (χ2v) is 4.97. The van der Waals surface area contributed by atoms with E-state index in [-0.39, 0.29) is 11.4 Å². The molecule has 2 aromatic heterocycles. The first kappa shape index (κ1) is 13.8. The number of alkyl halides is 1. The van der Waals surface area contributed by atoms with Crippen molar-refractivity contribution in [2.24, 2.45) is 0 Å². The molecule has 3 rings (SSSR count). The Morgan fingerprint density at radius 1 is 1.33 bits per heavy atom. The molecule has 7 heteroatoms. The van der Waals surface area contributed by atoms with Crippen LogP contribution in [0.25, 0.3) is 16.9 Å². The van der Waals surface area contributed by atoms with E-state index in [1.54, 1.807) is 16.7 Å². The maximum Gasteiger partial charge on any atom is 0.164 e. The number of imidazole rings is 1. The average molecular weight is 321 g/mol. The standard InChI is InChI=1S/C14H7Cl2FN4/c15-5-13-20-12-4-9(16)7-19-14(12)21(13)10-1-2-11(17)8(3-10)6-18/h1-4,7H,5H2. The highest BCUT2D eigenvalue weighted by molar-refractivity contribution is 6.31. The van der Waals surface area contributed by atoms with Crippen LogP contribution in [0.5, 0.6) is 0 Å². The Balaban J connectivity index is 2.31. The molecule has 0 saturated carbocycles. The number of nitrogens with zero attached hydrogens (tertiary/aromatic N) is 4. The summed E-state index contributed by atoms with van der Waals surface area (Å²) in [6.07, 6.45) is 1.49. The van der Waals surface area contributed by atoms with Gasteiger partial charge in [-0.05, 0) is 24.3 Å². The van der Waals surface area contributed by atoms with E-state index in [9.17, 15) is 4.39 Å². The van der Waals surface area contributed by atoms with Crippen LogP contribution in [0.3, 0.4) is 0 Å². The molecule has 0 fully saturated rings. The quantitative estimate of drug-likeness (QED) is 0.674. The van der Waals surface area contributed by atoms with E-state index in [0.29, 0.717) is 27.7 Å². The van der Waals surface area contributed by atoms with Crippen molar-refractivity contribution in [1.29, 1.82) is 5.26 Å². The van der Waals surface area contributed by atoms with Gasteiger partial charge in [-0.1, -0.05) is 11.6 Å². The highest BCUT2D eigenvalue weighted by atomic mass is 35.5. The minimum absolute atomic E-state index is 0.0520. The molecule has 0 unspecified atom stereocenters. The Morgan fingerprint density at radius 2 is 2.14 bits per heavy atom. The summed E-state index contributed by atoms with van der Waals surface area (Å²) in [6, 6.07) is 7.69. The molecule has 0 radical (unpaired) electrons. The molecule has 0 aliphatic rings. The van der Waals surface area contributed by atoms with Crippen LogP contribution in [0.2, 0.25) is 5.02 Å². The van der Waals surface area contributed by atoms with Gasteiger partial charge in [0.25, 0.3) is 0 Å². The van der Waals surface area contributed by atoms with E-state index < -0.39 is 5.82 Å². The molecule has 3 aromatic rings. The summed E-state index contributed by atoms with van der Waals surface area (Å²) in [4.78, 5) is 8.59. The van der Waals surface area contributed by atoms with Gasteiger partial charge in [0, 0.05) is 6.20 Å². The van der Waals surface area contributed by atoms with E-state index in [1.807, 2.05) is 6.07 Å². The fraction of sp³-hybridized carbons (Fsp3) is 0.0714. The Labute approximate surface area is 129 Å². The van der Waals surface area contributed by atoms with Crippen molar-refractivity contribution in [3.05, 3.63) is 52.7 Å². The minimum Gasteiger partial charge on any atom is -0.280 e. The third kappa shape index (κ3) is 2.33. The molecule has 1 aromatic carbocycles. The van der Waals surface area contributed by atoms with Crippen molar-refractivity contribution in [2.45, 2.75) is 5.88 Å². The second-order valence-electron chi connectivity index (χ2n) is 4.27. The van der Waals surface area contributed by atoms with Crippen molar-refractivity contribution < 1.29 is 4.39 Å². The van der Waals surface area contributed by atoms with Crippen molar-refractivity contribution in [3.8, 4) is 11.8 Å². The van der Waals surface area contributed by atoms with E-state index in [4.69, 9.17) is 28.5 Å². The molecule has 104 valence electrons. The van der Waals surface area contributed by atoms with Gasteiger partial charge in [-0.25, -0.2) is 14.4 Å². The first-order chi connectivity index (χ1) is 10.1. The molecular formula is C14H7Cl2FN4. The van der Waals surface area contributed by atoms with Crippen LogP contribution in [0, 0.1) is 17.1 Å². The summed E-state index contributed by atoms with van der Waals surface area (Å²) in [6.45, 7) is 0. The fourth-order valence-corrected chi connectivity index (χ4v) is 2.42. The van der Waals surface area contributed by atoms with Gasteiger partial charge in [0.05, 0.1) is 22.2 Å². The first-order valence-corrected chi connectivity index (χ1v) is 6.84. The van der Waals surface area contributed by atoms with Gasteiger partial charge >= 0.3 is 0 Å². The summed E-state index contributed by atoms with van der Waals surface area (Å²) >= 11 is 11.8. The van der Waals surface area contributed by atoms with Crippen LogP contribution in [-0.4, -0.2) is 14.5 Å². The van der Waals surface area contributed by atoms with Crippen molar-refractivity contribution in [1.82, 2.24) is 14.5 Å². The highest BCUT2D eigenvalue weighted by Gasteiger charge is 2.14. The summed E-state index contributed by atoms with van der Waals surface area (Å²) in [5, 5.41) is 9.41. The van der Waals surface area contributed by atoms with E-state index >= 15 is 0 Å². The zero-order chi connectivity index (χ0) is 15.0. The molecule has 0 N–H and O–H groups in total. The van der Waals surface area contributed by atoms with Gasteiger partial charge in [-0.3, -0.25) is 4.57 Å². The van der Waals surface area contributed by atoms with Crippen LogP contribution >= 0.6 is 23.2 Å². The molecule has 2 heterocycles. The summed E-state index contributed by atoms with van der Waals surface area (Å²) < 4.78 is 15.1. The molecule has 21 heavy (non-hydrogen) atoms. The molecule has 0 atom stereocenters. The predicted octanol–water partition coefficient (Wildman–Crippen LogP) is 3.82. The Morgan fingerprint density at radius 3 is 2.86 bits per heavy atom. The predicted molar refractivity (Wildman–Crippen MR) is 78.1 cm³/mol. The van der Waals surface area contributed by atoms with Crippen LogP contribution in [0.15, 0.2) is 30.5 Å². The van der Waals surface area contributed by atoms with Gasteiger partial charge in [0.15, 0.2) is 5.65 Å². The number of fused-ring (bicyclic) bond motifs is 1. The lowest BCUT2D eigenvalue weighted by atomic mass is 10.2. The number of benzene rings is 1. The molecular weight excluding hydrogens is 314 g/mol. The third-order valence-corrected chi connectivity index (χ3v) is 3.43. The Bertz CT molecular complexity index is 883. The molecule has 0 aliphatic carbocycles. The molecule has 0 spiro atoms. The van der Waals surface area contributed by atoms with E-state index in [0.717, 1.165) is 0 Å². The van der Waals surface area contributed by atoms with Gasteiger partial charge < -0.3 is 0 Å². The highest BCUT2D eigenvalue weighted by Crippen LogP contribution is 2.24. The van der Waals surface area contributed by atoms with E-state index in [1.165, 1.54) is 18.3 Å². The third-order valence-electron chi connectivity index (χ3n) is 2.98. The van der Waals surface area contributed by atoms with Crippen molar-refractivity contribution >= 4 is 34.4 Å². The summed E-state index contributed by atoms with van der Waals surface area (Å²) in [5.41, 5.74) is 1.65. The lowest BCUT2D eigenvalue weighted by molar-refractivity contribution is 0.623. The van der Waals surface area contributed by atoms with Gasteiger partial charge in [0.1, 0.15) is 23.2 Å². The Hall–Kier alpha value is -2.16. The van der Waals surface area contributed by atoms with Crippen LogP contribution in [0.4, 0.5) is 4.39 Å². The van der Waals surface area contributed by atoms with Gasteiger partial charge in [-0.2, -0.15) is 5.26 Å². The normalized spacial score (nSPS) is 10.8. The first-order valence-electron chi connectivity index (χ1n) is 5.93. The monoisotopic (exact) mass is 320 g/mol. The largest absolute Gasteiger partial charge is 0.280 e. The number of pyridine rings is 1. The average Bonchev–Trinajstić information content (AvgIpc) is 2.85. The number of hydrogen-bond donors (Lipinski definition) is 0. The number of halogens is 3. The number of hydrogen-bond acceptors (Lipinski definition) is 3. The SMILES string of the molecule is N#Cc1cc(-n2c(CCl)nc3cc(Cl)cnc32)ccc1F. The zero-order valence-corrected chi connectivity index (χ0v) is 12.0. The van der Waals surface area contributed by atoms with Crippen molar-refractivity contribution in [2.75, 3.05) is 0 Å². The maximum atomic E-state index is 13.5. The smallest absolute Gasteiger partial charge is 0.164 e. The maximum absolute atomic E-state index is 13.5. The van der Waals surface area contributed by atoms with Crippen molar-refractivity contribution in [3.63, 3.8) is 0 Å². The lowest BCUT2D eigenvalue weighted by Gasteiger charge is -2.07. The molecule has 4 nitrogen and oxygen atoms in total. The summed E-state index contributed by atoms with van der Waals surface area (Å²) in [5.74, 6) is 0.110. The fourth-order valence-electron chi connectivity index (χ4n) is 2.09. The number of nitriles is 1. The topological polar surface area (TPSA) is 54.5 Å². The zero-order valence-electron chi connectivity index (χ0n) is 10.5. The van der Waals surface area contributed by atoms with Gasteiger partial charge in [-0.15, -0.1) is 11.6 Å². The minimum atomic E-state index is -0.575. The molecule has 0 aliphatic heterocycles. The number of rotatable bonds is 2.